The SMILES string of the molecule is Cc1c(Cl)cc(N)cc1I. The molecule has 0 unspecified atom stereocenters. The Bertz CT molecular complexity index is 237. The molecule has 54 valence electrons. The fourth-order valence-electron chi connectivity index (χ4n) is 0.665. The topological polar surface area (TPSA) is 26.0 Å². The van der Waals surface area contributed by atoms with Crippen LogP contribution in [0.15, 0.2) is 12.1 Å². The summed E-state index contributed by atoms with van der Waals surface area (Å²) in [6, 6.07) is 3.67. The van der Waals surface area contributed by atoms with Crippen molar-refractivity contribution < 1.29 is 0 Å². The Kier molecular flexibility index (Phi) is 2.41. The molecule has 0 saturated carbocycles. The van der Waals surface area contributed by atoms with Gasteiger partial charge in [-0.15, -0.1) is 0 Å². The van der Waals surface area contributed by atoms with Crippen LogP contribution in [0, 0.1) is 10.5 Å². The number of nitrogen functional groups attached to an aromatic ring is 1. The number of halogens is 2. The summed E-state index contributed by atoms with van der Waals surface area (Å²) in [6.45, 7) is 1.98. The predicted molar refractivity (Wildman–Crippen MR) is 53.3 cm³/mol. The summed E-state index contributed by atoms with van der Waals surface area (Å²) < 4.78 is 1.11. The van der Waals surface area contributed by atoms with Crippen LogP contribution in [0.3, 0.4) is 0 Å². The third kappa shape index (κ3) is 1.55. The van der Waals surface area contributed by atoms with Gasteiger partial charge < -0.3 is 5.73 Å². The van der Waals surface area contributed by atoms with Crippen LogP contribution in [0.5, 0.6) is 0 Å². The van der Waals surface area contributed by atoms with Crippen molar-refractivity contribution in [2.24, 2.45) is 0 Å². The molecule has 0 atom stereocenters. The molecule has 2 N–H and O–H groups in total. The van der Waals surface area contributed by atoms with E-state index in [9.17, 15) is 0 Å². The molecule has 0 aliphatic rings. The van der Waals surface area contributed by atoms with Crippen molar-refractivity contribution >= 4 is 39.9 Å². The van der Waals surface area contributed by atoms with E-state index >= 15 is 0 Å². The second-order valence-electron chi connectivity index (χ2n) is 2.11. The lowest BCUT2D eigenvalue weighted by Gasteiger charge is -2.01. The maximum absolute atomic E-state index is 5.83. The van der Waals surface area contributed by atoms with Crippen molar-refractivity contribution in [3.63, 3.8) is 0 Å². The van der Waals surface area contributed by atoms with Gasteiger partial charge in [0.05, 0.1) is 0 Å². The molecular weight excluding hydrogens is 260 g/mol. The first-order valence-corrected chi connectivity index (χ1v) is 4.28. The Morgan fingerprint density at radius 2 is 2.10 bits per heavy atom. The number of hydrogen-bond donors (Lipinski definition) is 1. The number of benzene rings is 1. The van der Waals surface area contributed by atoms with Crippen LogP contribution in [0.2, 0.25) is 5.02 Å². The standard InChI is InChI=1S/C7H7ClIN/c1-4-6(8)2-5(10)3-7(4)9/h2-3H,10H2,1H3. The van der Waals surface area contributed by atoms with Crippen LogP contribution in [0.1, 0.15) is 5.56 Å². The van der Waals surface area contributed by atoms with Crippen LogP contribution in [-0.2, 0) is 0 Å². The van der Waals surface area contributed by atoms with Gasteiger partial charge in [0.15, 0.2) is 0 Å². The lowest BCUT2D eigenvalue weighted by molar-refractivity contribution is 1.43. The second kappa shape index (κ2) is 2.96. The molecular formula is C7H7ClIN. The minimum absolute atomic E-state index is 0.722. The molecule has 10 heavy (non-hydrogen) atoms. The number of rotatable bonds is 0. The van der Waals surface area contributed by atoms with Gasteiger partial charge in [0, 0.05) is 14.3 Å². The molecule has 0 amide bonds. The lowest BCUT2D eigenvalue weighted by Crippen LogP contribution is -1.88. The minimum atomic E-state index is 0.722. The minimum Gasteiger partial charge on any atom is -0.399 e. The van der Waals surface area contributed by atoms with Gasteiger partial charge in [-0.3, -0.25) is 0 Å². The van der Waals surface area contributed by atoms with E-state index < -0.39 is 0 Å². The second-order valence-corrected chi connectivity index (χ2v) is 3.68. The molecule has 1 aromatic rings. The highest BCUT2D eigenvalue weighted by Gasteiger charge is 1.99. The Balaban J connectivity index is 3.31. The maximum atomic E-state index is 5.83. The average molecular weight is 267 g/mol. The summed E-state index contributed by atoms with van der Waals surface area (Å²) in [5.74, 6) is 0. The number of nitrogens with two attached hydrogens (primary N) is 1. The molecule has 3 heteroatoms. The van der Waals surface area contributed by atoms with E-state index in [1.807, 2.05) is 13.0 Å². The molecule has 0 spiro atoms. The van der Waals surface area contributed by atoms with E-state index in [4.69, 9.17) is 17.3 Å². The first-order chi connectivity index (χ1) is 4.61. The molecule has 1 rings (SSSR count). The highest BCUT2D eigenvalue weighted by molar-refractivity contribution is 14.1. The van der Waals surface area contributed by atoms with Gasteiger partial charge in [-0.05, 0) is 47.2 Å². The number of anilines is 1. The van der Waals surface area contributed by atoms with Gasteiger partial charge in [-0.25, -0.2) is 0 Å². The summed E-state index contributed by atoms with van der Waals surface area (Å²) in [4.78, 5) is 0. The molecule has 0 radical (unpaired) electrons. The van der Waals surface area contributed by atoms with E-state index in [1.165, 1.54) is 0 Å². The van der Waals surface area contributed by atoms with Crippen LogP contribution in [0.4, 0.5) is 5.69 Å². The molecule has 0 fully saturated rings. The molecule has 0 aromatic heterocycles. The fraction of sp³-hybridized carbons (Fsp3) is 0.143. The van der Waals surface area contributed by atoms with E-state index in [-0.39, 0.29) is 0 Å². The monoisotopic (exact) mass is 267 g/mol. The highest BCUT2D eigenvalue weighted by atomic mass is 127. The zero-order chi connectivity index (χ0) is 7.72. The third-order valence-electron chi connectivity index (χ3n) is 1.30. The van der Waals surface area contributed by atoms with Gasteiger partial charge in [-0.2, -0.15) is 0 Å². The van der Waals surface area contributed by atoms with Crippen LogP contribution >= 0.6 is 34.2 Å². The van der Waals surface area contributed by atoms with Crippen molar-refractivity contribution in [3.05, 3.63) is 26.3 Å². The zero-order valence-electron chi connectivity index (χ0n) is 5.49. The molecule has 0 heterocycles. The molecule has 0 aliphatic carbocycles. The normalized spacial score (nSPS) is 9.90. The van der Waals surface area contributed by atoms with Gasteiger partial charge in [0.2, 0.25) is 0 Å². The van der Waals surface area contributed by atoms with E-state index in [0.717, 1.165) is 19.8 Å². The van der Waals surface area contributed by atoms with Gasteiger partial charge in [-0.1, -0.05) is 11.6 Å². The van der Waals surface area contributed by atoms with Crippen LogP contribution < -0.4 is 5.73 Å². The summed E-state index contributed by atoms with van der Waals surface area (Å²) >= 11 is 8.05. The molecule has 0 saturated heterocycles. The fourth-order valence-corrected chi connectivity index (χ4v) is 1.70. The Hall–Kier alpha value is 0.0400. The average Bonchev–Trinajstić information content (AvgIpc) is 1.82. The van der Waals surface area contributed by atoms with Crippen molar-refractivity contribution in [1.82, 2.24) is 0 Å². The van der Waals surface area contributed by atoms with Crippen LogP contribution in [-0.4, -0.2) is 0 Å². The molecule has 0 aliphatic heterocycles. The summed E-state index contributed by atoms with van der Waals surface area (Å²) in [6.07, 6.45) is 0. The molecule has 0 bridgehead atoms. The van der Waals surface area contributed by atoms with Crippen molar-refractivity contribution in [2.45, 2.75) is 6.92 Å². The Labute approximate surface area is 78.7 Å². The van der Waals surface area contributed by atoms with Crippen molar-refractivity contribution in [3.8, 4) is 0 Å². The van der Waals surface area contributed by atoms with E-state index in [2.05, 4.69) is 22.6 Å². The largest absolute Gasteiger partial charge is 0.399 e. The van der Waals surface area contributed by atoms with Crippen molar-refractivity contribution in [1.29, 1.82) is 0 Å². The van der Waals surface area contributed by atoms with Crippen LogP contribution in [0.25, 0.3) is 0 Å². The summed E-state index contributed by atoms with van der Waals surface area (Å²) in [7, 11) is 0. The summed E-state index contributed by atoms with van der Waals surface area (Å²) in [5, 5.41) is 0.740. The first kappa shape index (κ1) is 8.14. The smallest absolute Gasteiger partial charge is 0.0466 e. The predicted octanol–water partition coefficient (Wildman–Crippen LogP) is 2.84. The Morgan fingerprint density at radius 1 is 1.50 bits per heavy atom. The van der Waals surface area contributed by atoms with Crippen molar-refractivity contribution in [2.75, 3.05) is 5.73 Å². The highest BCUT2D eigenvalue weighted by Crippen LogP contribution is 2.23. The lowest BCUT2D eigenvalue weighted by atomic mass is 10.2. The number of hydrogen-bond acceptors (Lipinski definition) is 1. The maximum Gasteiger partial charge on any atom is 0.0466 e. The van der Waals surface area contributed by atoms with Gasteiger partial charge in [0.25, 0.3) is 0 Å². The van der Waals surface area contributed by atoms with E-state index in [1.54, 1.807) is 6.07 Å². The molecule has 1 nitrogen and oxygen atoms in total. The third-order valence-corrected chi connectivity index (χ3v) is 2.82. The zero-order valence-corrected chi connectivity index (χ0v) is 8.40. The quantitative estimate of drug-likeness (QED) is 0.568. The molecule has 1 aromatic carbocycles. The Morgan fingerprint density at radius 3 is 2.60 bits per heavy atom. The van der Waals surface area contributed by atoms with Gasteiger partial charge in [0.1, 0.15) is 0 Å². The van der Waals surface area contributed by atoms with E-state index in [0.29, 0.717) is 0 Å². The van der Waals surface area contributed by atoms with Gasteiger partial charge >= 0.3 is 0 Å². The first-order valence-electron chi connectivity index (χ1n) is 2.82. The summed E-state index contributed by atoms with van der Waals surface area (Å²) in [5.41, 5.74) is 7.36.